The van der Waals surface area contributed by atoms with E-state index in [0.717, 1.165) is 31.8 Å². The minimum absolute atomic E-state index is 0.338. The number of hydrogen-bond acceptors (Lipinski definition) is 5. The van der Waals surface area contributed by atoms with Gasteiger partial charge in [-0.05, 0) is 12.8 Å². The van der Waals surface area contributed by atoms with Crippen molar-refractivity contribution >= 4 is 5.82 Å². The molecule has 0 amide bonds. The number of nitriles is 1. The van der Waals surface area contributed by atoms with Crippen LogP contribution in [0.2, 0.25) is 0 Å². The minimum atomic E-state index is 0.338. The SMILES string of the molecule is N#Cc1cnc(N2CCOC3CCCCC32)cn1. The highest BCUT2D eigenvalue weighted by Gasteiger charge is 2.34. The summed E-state index contributed by atoms with van der Waals surface area (Å²) < 4.78 is 5.84. The monoisotopic (exact) mass is 244 g/mol. The molecule has 1 aromatic heterocycles. The van der Waals surface area contributed by atoms with Gasteiger partial charge in [-0.15, -0.1) is 0 Å². The molecule has 1 saturated carbocycles. The normalized spacial score (nSPS) is 27.4. The van der Waals surface area contributed by atoms with Crippen LogP contribution in [0.3, 0.4) is 0 Å². The zero-order chi connectivity index (χ0) is 12.4. The Morgan fingerprint density at radius 2 is 2.17 bits per heavy atom. The Labute approximate surface area is 106 Å². The first-order valence-electron chi connectivity index (χ1n) is 6.49. The maximum absolute atomic E-state index is 8.74. The fourth-order valence-corrected chi connectivity index (χ4v) is 2.91. The summed E-state index contributed by atoms with van der Waals surface area (Å²) in [5, 5.41) is 8.74. The number of morpholine rings is 1. The summed E-state index contributed by atoms with van der Waals surface area (Å²) in [4.78, 5) is 10.7. The summed E-state index contributed by atoms with van der Waals surface area (Å²) in [6, 6.07) is 2.42. The van der Waals surface area contributed by atoms with Gasteiger partial charge >= 0.3 is 0 Å². The molecule has 2 heterocycles. The van der Waals surface area contributed by atoms with Crippen molar-refractivity contribution in [1.29, 1.82) is 5.26 Å². The van der Waals surface area contributed by atoms with E-state index >= 15 is 0 Å². The second kappa shape index (κ2) is 4.91. The maximum Gasteiger partial charge on any atom is 0.158 e. The predicted octanol–water partition coefficient (Wildman–Crippen LogP) is 1.50. The molecule has 1 aliphatic carbocycles. The highest BCUT2D eigenvalue weighted by molar-refractivity contribution is 5.39. The van der Waals surface area contributed by atoms with Crippen LogP contribution in [-0.2, 0) is 4.74 Å². The Bertz CT molecular complexity index is 451. The van der Waals surface area contributed by atoms with Crippen LogP contribution in [0.4, 0.5) is 5.82 Å². The first-order chi connectivity index (χ1) is 8.88. The van der Waals surface area contributed by atoms with Crippen molar-refractivity contribution in [2.75, 3.05) is 18.1 Å². The lowest BCUT2D eigenvalue weighted by Crippen LogP contribution is -2.53. The van der Waals surface area contributed by atoms with E-state index in [0.29, 0.717) is 17.8 Å². The Morgan fingerprint density at radius 3 is 2.94 bits per heavy atom. The lowest BCUT2D eigenvalue weighted by atomic mass is 9.90. The van der Waals surface area contributed by atoms with E-state index in [9.17, 15) is 0 Å². The molecule has 1 saturated heterocycles. The minimum Gasteiger partial charge on any atom is -0.374 e. The Hall–Kier alpha value is -1.67. The third-order valence-corrected chi connectivity index (χ3v) is 3.78. The molecule has 2 atom stereocenters. The Balaban J connectivity index is 1.82. The van der Waals surface area contributed by atoms with Crippen LogP contribution < -0.4 is 4.90 Å². The largest absolute Gasteiger partial charge is 0.374 e. The number of hydrogen-bond donors (Lipinski definition) is 0. The zero-order valence-corrected chi connectivity index (χ0v) is 10.2. The predicted molar refractivity (Wildman–Crippen MR) is 66.1 cm³/mol. The van der Waals surface area contributed by atoms with E-state index in [2.05, 4.69) is 14.9 Å². The number of fused-ring (bicyclic) bond motifs is 1. The third-order valence-electron chi connectivity index (χ3n) is 3.78. The maximum atomic E-state index is 8.74. The Kier molecular flexibility index (Phi) is 3.11. The van der Waals surface area contributed by atoms with Gasteiger partial charge in [-0.2, -0.15) is 5.26 Å². The number of anilines is 1. The molecule has 2 unspecified atom stereocenters. The molecule has 2 aliphatic rings. The van der Waals surface area contributed by atoms with E-state index in [1.54, 1.807) is 12.4 Å². The highest BCUT2D eigenvalue weighted by Crippen LogP contribution is 2.30. The molecule has 0 bridgehead atoms. The summed E-state index contributed by atoms with van der Waals surface area (Å²) in [7, 11) is 0. The van der Waals surface area contributed by atoms with Gasteiger partial charge in [-0.1, -0.05) is 12.8 Å². The van der Waals surface area contributed by atoms with Crippen molar-refractivity contribution in [1.82, 2.24) is 9.97 Å². The van der Waals surface area contributed by atoms with Crippen molar-refractivity contribution in [3.63, 3.8) is 0 Å². The van der Waals surface area contributed by atoms with Gasteiger partial charge in [0, 0.05) is 6.54 Å². The molecule has 0 spiro atoms. The van der Waals surface area contributed by atoms with Crippen LogP contribution in [0.15, 0.2) is 12.4 Å². The van der Waals surface area contributed by atoms with E-state index in [1.807, 2.05) is 6.07 Å². The topological polar surface area (TPSA) is 62.0 Å². The lowest BCUT2D eigenvalue weighted by Gasteiger charge is -2.44. The summed E-state index contributed by atoms with van der Waals surface area (Å²) >= 11 is 0. The standard InChI is InChI=1S/C13H16N4O/c14-7-10-8-16-13(9-15-10)17-5-6-18-12-4-2-1-3-11(12)17/h8-9,11-12H,1-6H2. The fourth-order valence-electron chi connectivity index (χ4n) is 2.91. The molecule has 2 fully saturated rings. The van der Waals surface area contributed by atoms with Crippen LogP contribution >= 0.6 is 0 Å². The first-order valence-corrected chi connectivity index (χ1v) is 6.49. The van der Waals surface area contributed by atoms with Gasteiger partial charge in [-0.3, -0.25) is 0 Å². The van der Waals surface area contributed by atoms with E-state index in [4.69, 9.17) is 10.00 Å². The summed E-state index contributed by atoms with van der Waals surface area (Å²) in [5.74, 6) is 0.870. The quantitative estimate of drug-likeness (QED) is 0.749. The van der Waals surface area contributed by atoms with Gasteiger partial charge in [0.05, 0.1) is 31.1 Å². The van der Waals surface area contributed by atoms with Crippen molar-refractivity contribution in [2.45, 2.75) is 37.8 Å². The van der Waals surface area contributed by atoms with E-state index < -0.39 is 0 Å². The van der Waals surface area contributed by atoms with Crippen molar-refractivity contribution in [3.05, 3.63) is 18.1 Å². The van der Waals surface area contributed by atoms with Gasteiger partial charge in [0.1, 0.15) is 11.9 Å². The number of nitrogens with zero attached hydrogens (tertiary/aromatic N) is 4. The van der Waals surface area contributed by atoms with Crippen molar-refractivity contribution in [2.24, 2.45) is 0 Å². The molecule has 1 aromatic rings. The molecule has 0 aromatic carbocycles. The Morgan fingerprint density at radius 1 is 1.28 bits per heavy atom. The van der Waals surface area contributed by atoms with Crippen molar-refractivity contribution < 1.29 is 4.74 Å². The van der Waals surface area contributed by atoms with Gasteiger partial charge in [0.2, 0.25) is 0 Å². The first kappa shape index (κ1) is 11.4. The van der Waals surface area contributed by atoms with Gasteiger partial charge in [-0.25, -0.2) is 9.97 Å². The smallest absolute Gasteiger partial charge is 0.158 e. The average molecular weight is 244 g/mol. The van der Waals surface area contributed by atoms with Crippen LogP contribution in [-0.4, -0.2) is 35.3 Å². The summed E-state index contributed by atoms with van der Waals surface area (Å²) in [6.45, 7) is 1.62. The van der Waals surface area contributed by atoms with Crippen molar-refractivity contribution in [3.8, 4) is 6.07 Å². The third kappa shape index (κ3) is 2.04. The molecular formula is C13H16N4O. The molecule has 5 nitrogen and oxygen atoms in total. The van der Waals surface area contributed by atoms with E-state index in [1.165, 1.54) is 12.8 Å². The molecule has 0 N–H and O–H groups in total. The molecular weight excluding hydrogens is 228 g/mol. The highest BCUT2D eigenvalue weighted by atomic mass is 16.5. The fraction of sp³-hybridized carbons (Fsp3) is 0.615. The van der Waals surface area contributed by atoms with Crippen LogP contribution in [0.1, 0.15) is 31.4 Å². The molecule has 0 radical (unpaired) electrons. The van der Waals surface area contributed by atoms with Gasteiger partial charge < -0.3 is 9.64 Å². The second-order valence-corrected chi connectivity index (χ2v) is 4.83. The number of ether oxygens (including phenoxy) is 1. The van der Waals surface area contributed by atoms with Crippen LogP contribution in [0, 0.1) is 11.3 Å². The molecule has 5 heteroatoms. The summed E-state index contributed by atoms with van der Waals surface area (Å²) in [5.41, 5.74) is 0.368. The number of aromatic nitrogens is 2. The lowest BCUT2D eigenvalue weighted by molar-refractivity contribution is -0.00901. The van der Waals surface area contributed by atoms with Gasteiger partial charge in [0.25, 0.3) is 0 Å². The molecule has 18 heavy (non-hydrogen) atoms. The molecule has 1 aliphatic heterocycles. The molecule has 94 valence electrons. The van der Waals surface area contributed by atoms with E-state index in [-0.39, 0.29) is 0 Å². The van der Waals surface area contributed by atoms with Crippen LogP contribution in [0.25, 0.3) is 0 Å². The zero-order valence-electron chi connectivity index (χ0n) is 10.2. The van der Waals surface area contributed by atoms with Gasteiger partial charge in [0.15, 0.2) is 5.69 Å². The van der Waals surface area contributed by atoms with Crippen LogP contribution in [0.5, 0.6) is 0 Å². The molecule has 3 rings (SSSR count). The second-order valence-electron chi connectivity index (χ2n) is 4.83. The average Bonchev–Trinajstić information content (AvgIpc) is 2.47. The summed E-state index contributed by atoms with van der Waals surface area (Å²) in [6.07, 6.45) is 8.40. The number of rotatable bonds is 1.